The molecule has 1 N–H and O–H groups in total. The van der Waals surface area contributed by atoms with E-state index in [1.165, 1.54) is 11.0 Å². The van der Waals surface area contributed by atoms with Gasteiger partial charge in [-0.2, -0.15) is 0 Å². The van der Waals surface area contributed by atoms with E-state index in [0.717, 1.165) is 10.6 Å². The fourth-order valence-corrected chi connectivity index (χ4v) is 4.74. The number of benzene rings is 2. The highest BCUT2D eigenvalue weighted by molar-refractivity contribution is 7.92. The van der Waals surface area contributed by atoms with E-state index in [0.29, 0.717) is 32.7 Å². The number of hydrogen-bond acceptors (Lipinski definition) is 4. The van der Waals surface area contributed by atoms with E-state index in [-0.39, 0.29) is 18.1 Å². The number of carbonyl (C=O) groups excluding carboxylic acids is 2. The van der Waals surface area contributed by atoms with Gasteiger partial charge in [-0.25, -0.2) is 8.42 Å². The molecule has 0 saturated carbocycles. The summed E-state index contributed by atoms with van der Waals surface area (Å²) in [6.45, 7) is 4.85. The van der Waals surface area contributed by atoms with Crippen molar-refractivity contribution in [3.8, 4) is 0 Å². The van der Waals surface area contributed by atoms with Crippen LogP contribution in [0.15, 0.2) is 36.4 Å². The molecular weight excluding hydrogens is 509 g/mol. The zero-order valence-electron chi connectivity index (χ0n) is 18.7. The van der Waals surface area contributed by atoms with E-state index in [9.17, 15) is 18.0 Å². The second kappa shape index (κ2) is 11.4. The maximum absolute atomic E-state index is 13.4. The molecule has 11 heteroatoms. The predicted molar refractivity (Wildman–Crippen MR) is 134 cm³/mol. The zero-order valence-corrected chi connectivity index (χ0v) is 21.8. The van der Waals surface area contributed by atoms with Crippen molar-refractivity contribution < 1.29 is 18.0 Å². The smallest absolute Gasteiger partial charge is 0.244 e. The van der Waals surface area contributed by atoms with E-state index in [4.69, 9.17) is 34.8 Å². The standard InChI is InChI=1S/C22H26Cl3N3O4S/c1-5-26-22(30)15(3)27(12-16-9-10-17(23)11-19(16)25)21(29)13-28(33(4,31)32)20-8-6-7-18(24)14(20)2/h6-11,15H,5,12-13H2,1-4H3,(H,26,30)/t15-/m1/s1. The highest BCUT2D eigenvalue weighted by Gasteiger charge is 2.31. The van der Waals surface area contributed by atoms with E-state index in [1.807, 2.05) is 0 Å². The maximum atomic E-state index is 13.4. The third-order valence-corrected chi connectivity index (χ3v) is 7.18. The van der Waals surface area contributed by atoms with Crippen LogP contribution in [0, 0.1) is 6.92 Å². The Morgan fingerprint density at radius 3 is 2.33 bits per heavy atom. The van der Waals surface area contributed by atoms with Crippen molar-refractivity contribution >= 4 is 62.3 Å². The summed E-state index contributed by atoms with van der Waals surface area (Å²) in [6, 6.07) is 8.75. The van der Waals surface area contributed by atoms with Crippen LogP contribution in [-0.4, -0.2) is 50.5 Å². The minimum absolute atomic E-state index is 0.0146. The zero-order chi connectivity index (χ0) is 24.9. The van der Waals surface area contributed by atoms with Crippen molar-refractivity contribution in [1.82, 2.24) is 10.2 Å². The van der Waals surface area contributed by atoms with Gasteiger partial charge in [0.15, 0.2) is 0 Å². The molecule has 0 heterocycles. The molecule has 0 aromatic heterocycles. The summed E-state index contributed by atoms with van der Waals surface area (Å²) in [4.78, 5) is 27.3. The lowest BCUT2D eigenvalue weighted by atomic mass is 10.1. The Bertz CT molecular complexity index is 1140. The van der Waals surface area contributed by atoms with E-state index < -0.39 is 28.5 Å². The van der Waals surface area contributed by atoms with E-state index >= 15 is 0 Å². The Morgan fingerprint density at radius 2 is 1.76 bits per heavy atom. The third-order valence-electron chi connectivity index (χ3n) is 5.06. The number of halogens is 3. The van der Waals surface area contributed by atoms with Gasteiger partial charge in [-0.05, 0) is 56.2 Å². The second-order valence-corrected chi connectivity index (χ2v) is 10.6. The Hall–Kier alpha value is -2.00. The number of carbonyl (C=O) groups is 2. The minimum atomic E-state index is -3.85. The molecular formula is C22H26Cl3N3O4S. The van der Waals surface area contributed by atoms with Gasteiger partial charge in [-0.1, -0.05) is 46.9 Å². The lowest BCUT2D eigenvalue weighted by molar-refractivity contribution is -0.139. The molecule has 0 bridgehead atoms. The minimum Gasteiger partial charge on any atom is -0.355 e. The van der Waals surface area contributed by atoms with Crippen LogP contribution in [0.3, 0.4) is 0 Å². The molecule has 0 aliphatic heterocycles. The van der Waals surface area contributed by atoms with Gasteiger partial charge in [0.2, 0.25) is 21.8 Å². The molecule has 0 radical (unpaired) electrons. The summed E-state index contributed by atoms with van der Waals surface area (Å²) in [7, 11) is -3.85. The maximum Gasteiger partial charge on any atom is 0.244 e. The van der Waals surface area contributed by atoms with E-state index in [2.05, 4.69) is 5.32 Å². The Labute approximate surface area is 209 Å². The number of rotatable bonds is 9. The molecule has 0 spiro atoms. The van der Waals surface area contributed by atoms with Crippen LogP contribution in [0.5, 0.6) is 0 Å². The number of likely N-dealkylation sites (N-methyl/N-ethyl adjacent to an activating group) is 1. The van der Waals surface area contributed by atoms with Crippen molar-refractivity contribution in [2.45, 2.75) is 33.4 Å². The fraction of sp³-hybridized carbons (Fsp3) is 0.364. The number of anilines is 1. The monoisotopic (exact) mass is 533 g/mol. The molecule has 33 heavy (non-hydrogen) atoms. The van der Waals surface area contributed by atoms with Crippen molar-refractivity contribution in [1.29, 1.82) is 0 Å². The van der Waals surface area contributed by atoms with Crippen LogP contribution in [0.25, 0.3) is 0 Å². The number of hydrogen-bond donors (Lipinski definition) is 1. The second-order valence-electron chi connectivity index (χ2n) is 7.48. The third kappa shape index (κ3) is 6.99. The van der Waals surface area contributed by atoms with Crippen molar-refractivity contribution in [2.75, 3.05) is 23.7 Å². The SMILES string of the molecule is CCNC(=O)[C@@H](C)N(Cc1ccc(Cl)cc1Cl)C(=O)CN(c1cccc(Cl)c1C)S(C)(=O)=O. The van der Waals surface area contributed by atoms with Crippen molar-refractivity contribution in [3.05, 3.63) is 62.6 Å². The number of nitrogens with one attached hydrogen (secondary N) is 1. The molecule has 1 atom stereocenters. The molecule has 0 fully saturated rings. The molecule has 2 aromatic rings. The highest BCUT2D eigenvalue weighted by atomic mass is 35.5. The first-order chi connectivity index (χ1) is 15.4. The largest absolute Gasteiger partial charge is 0.355 e. The molecule has 2 aromatic carbocycles. The van der Waals surface area contributed by atoms with Gasteiger partial charge >= 0.3 is 0 Å². The number of sulfonamides is 1. The van der Waals surface area contributed by atoms with Crippen LogP contribution in [0.2, 0.25) is 15.1 Å². The lowest BCUT2D eigenvalue weighted by Crippen LogP contribution is -2.51. The van der Waals surface area contributed by atoms with Crippen LogP contribution < -0.4 is 9.62 Å². The quantitative estimate of drug-likeness (QED) is 0.520. The molecule has 0 saturated heterocycles. The first-order valence-electron chi connectivity index (χ1n) is 10.1. The molecule has 180 valence electrons. The summed E-state index contributed by atoms with van der Waals surface area (Å²) in [5.41, 5.74) is 1.37. The summed E-state index contributed by atoms with van der Waals surface area (Å²) < 4.78 is 26.2. The van der Waals surface area contributed by atoms with Crippen LogP contribution >= 0.6 is 34.8 Å². The summed E-state index contributed by atoms with van der Waals surface area (Å²) in [5, 5.41) is 3.81. The first-order valence-corrected chi connectivity index (χ1v) is 13.1. The van der Waals surface area contributed by atoms with Crippen molar-refractivity contribution in [2.24, 2.45) is 0 Å². The van der Waals surface area contributed by atoms with Gasteiger partial charge in [0.05, 0.1) is 11.9 Å². The molecule has 2 rings (SSSR count). The van der Waals surface area contributed by atoms with Gasteiger partial charge < -0.3 is 10.2 Å². The van der Waals surface area contributed by atoms with Gasteiger partial charge in [-0.15, -0.1) is 0 Å². The molecule has 0 unspecified atom stereocenters. The topological polar surface area (TPSA) is 86.8 Å². The Morgan fingerprint density at radius 1 is 1.09 bits per heavy atom. The summed E-state index contributed by atoms with van der Waals surface area (Å²) >= 11 is 18.4. The average Bonchev–Trinajstić information content (AvgIpc) is 2.72. The Balaban J connectivity index is 2.46. The molecule has 2 amide bonds. The van der Waals surface area contributed by atoms with Crippen LogP contribution in [0.4, 0.5) is 5.69 Å². The molecule has 7 nitrogen and oxygen atoms in total. The lowest BCUT2D eigenvalue weighted by Gasteiger charge is -2.32. The fourth-order valence-electron chi connectivity index (χ4n) is 3.20. The summed E-state index contributed by atoms with van der Waals surface area (Å²) in [5.74, 6) is -0.953. The Kier molecular flexibility index (Phi) is 9.43. The normalized spacial score (nSPS) is 12.2. The number of amides is 2. The van der Waals surface area contributed by atoms with Gasteiger partial charge in [0, 0.05) is 28.2 Å². The highest BCUT2D eigenvalue weighted by Crippen LogP contribution is 2.29. The summed E-state index contributed by atoms with van der Waals surface area (Å²) in [6.07, 6.45) is 1.01. The van der Waals surface area contributed by atoms with Crippen LogP contribution in [-0.2, 0) is 26.2 Å². The van der Waals surface area contributed by atoms with E-state index in [1.54, 1.807) is 51.1 Å². The van der Waals surface area contributed by atoms with Gasteiger partial charge in [0.25, 0.3) is 0 Å². The molecule has 0 aliphatic rings. The van der Waals surface area contributed by atoms with Gasteiger partial charge in [0.1, 0.15) is 12.6 Å². The number of nitrogens with zero attached hydrogens (tertiary/aromatic N) is 2. The van der Waals surface area contributed by atoms with Gasteiger partial charge in [-0.3, -0.25) is 13.9 Å². The first kappa shape index (κ1) is 27.2. The van der Waals surface area contributed by atoms with Crippen molar-refractivity contribution in [3.63, 3.8) is 0 Å². The predicted octanol–water partition coefficient (Wildman–Crippen LogP) is 4.27. The molecule has 0 aliphatic carbocycles. The van der Waals surface area contributed by atoms with Crippen LogP contribution in [0.1, 0.15) is 25.0 Å². The average molecular weight is 535 g/mol.